The summed E-state index contributed by atoms with van der Waals surface area (Å²) < 4.78 is 7.41. The highest BCUT2D eigenvalue weighted by atomic mass is 16.5. The summed E-state index contributed by atoms with van der Waals surface area (Å²) in [5, 5.41) is 8.94. The minimum Gasteiger partial charge on any atom is -0.487 e. The van der Waals surface area contributed by atoms with E-state index in [1.807, 2.05) is 36.4 Å². The summed E-state index contributed by atoms with van der Waals surface area (Å²) in [5.41, 5.74) is 2.07. The number of ether oxygens (including phenoxy) is 1. The number of benzene rings is 2. The Morgan fingerprint density at radius 2 is 1.83 bits per heavy atom. The van der Waals surface area contributed by atoms with Gasteiger partial charge in [-0.2, -0.15) is 5.26 Å². The summed E-state index contributed by atoms with van der Waals surface area (Å²) in [7, 11) is 0. The highest BCUT2D eigenvalue weighted by molar-refractivity contribution is 5.46. The van der Waals surface area contributed by atoms with Gasteiger partial charge in [-0.3, -0.25) is 9.36 Å². The Kier molecular flexibility index (Phi) is 4.21. The second-order valence-electron chi connectivity index (χ2n) is 4.98. The van der Waals surface area contributed by atoms with Crippen molar-refractivity contribution in [2.75, 3.05) is 0 Å². The first kappa shape index (κ1) is 14.6. The monoisotopic (exact) mass is 302 g/mol. The molecule has 0 bridgehead atoms. The maximum absolute atomic E-state index is 12.0. The van der Waals surface area contributed by atoms with E-state index in [2.05, 4.69) is 6.07 Å². The third-order valence-corrected chi connectivity index (χ3v) is 3.40. The summed E-state index contributed by atoms with van der Waals surface area (Å²) in [4.78, 5) is 12.0. The van der Waals surface area contributed by atoms with E-state index in [1.54, 1.807) is 35.0 Å². The van der Waals surface area contributed by atoms with Crippen LogP contribution in [0.5, 0.6) is 5.75 Å². The lowest BCUT2D eigenvalue weighted by Gasteiger charge is -2.13. The summed E-state index contributed by atoms with van der Waals surface area (Å²) >= 11 is 0. The van der Waals surface area contributed by atoms with Gasteiger partial charge in [0, 0.05) is 12.3 Å². The molecule has 1 heterocycles. The second kappa shape index (κ2) is 6.63. The van der Waals surface area contributed by atoms with Crippen molar-refractivity contribution in [3.8, 4) is 17.5 Å². The molecule has 0 aliphatic carbocycles. The lowest BCUT2D eigenvalue weighted by Crippen LogP contribution is -2.16. The van der Waals surface area contributed by atoms with Gasteiger partial charge < -0.3 is 4.74 Å². The maximum Gasteiger partial charge on any atom is 0.255 e. The van der Waals surface area contributed by atoms with Crippen LogP contribution in [0.25, 0.3) is 5.69 Å². The lowest BCUT2D eigenvalue weighted by atomic mass is 10.1. The molecule has 0 fully saturated rings. The van der Waals surface area contributed by atoms with Crippen molar-refractivity contribution in [2.24, 2.45) is 0 Å². The van der Waals surface area contributed by atoms with Crippen LogP contribution < -0.4 is 10.3 Å². The zero-order valence-corrected chi connectivity index (χ0v) is 12.3. The minimum atomic E-state index is -0.116. The number of hydrogen-bond donors (Lipinski definition) is 0. The van der Waals surface area contributed by atoms with Crippen molar-refractivity contribution in [1.29, 1.82) is 5.26 Å². The first-order valence-electron chi connectivity index (χ1n) is 7.17. The number of nitrogens with zero attached hydrogens (tertiary/aromatic N) is 2. The predicted octanol–water partition coefficient (Wildman–Crippen LogP) is 3.29. The Balaban J connectivity index is 1.88. The van der Waals surface area contributed by atoms with Gasteiger partial charge in [0.05, 0.1) is 17.3 Å². The van der Waals surface area contributed by atoms with Crippen LogP contribution in [0.3, 0.4) is 0 Å². The van der Waals surface area contributed by atoms with Crippen LogP contribution in [0.15, 0.2) is 77.7 Å². The molecular weight excluding hydrogens is 288 g/mol. The Morgan fingerprint density at radius 3 is 2.65 bits per heavy atom. The number of pyridine rings is 1. The molecule has 0 amide bonds. The van der Waals surface area contributed by atoms with E-state index in [9.17, 15) is 4.79 Å². The van der Waals surface area contributed by atoms with Crippen LogP contribution in [0.4, 0.5) is 0 Å². The zero-order valence-electron chi connectivity index (χ0n) is 12.3. The summed E-state index contributed by atoms with van der Waals surface area (Å²) in [5.74, 6) is 0.614. The summed E-state index contributed by atoms with van der Waals surface area (Å²) in [6, 6.07) is 21.8. The van der Waals surface area contributed by atoms with Gasteiger partial charge in [-0.05, 0) is 35.9 Å². The van der Waals surface area contributed by atoms with Gasteiger partial charge in [0.2, 0.25) is 0 Å². The topological polar surface area (TPSA) is 55.0 Å². The maximum atomic E-state index is 12.0. The van der Waals surface area contributed by atoms with Crippen LogP contribution in [-0.4, -0.2) is 4.57 Å². The molecule has 0 aliphatic rings. The molecule has 4 heteroatoms. The van der Waals surface area contributed by atoms with Gasteiger partial charge >= 0.3 is 0 Å². The van der Waals surface area contributed by atoms with Crippen LogP contribution >= 0.6 is 0 Å². The normalized spacial score (nSPS) is 10.0. The van der Waals surface area contributed by atoms with E-state index >= 15 is 0 Å². The van der Waals surface area contributed by atoms with Crippen molar-refractivity contribution in [3.63, 3.8) is 0 Å². The number of para-hydroxylation sites is 2. The standard InChI is InChI=1S/C19H14N2O2/c20-13-15-6-5-7-16(12-15)14-23-18-9-2-1-8-17(18)21-11-4-3-10-19(21)22/h1-12H,14H2. The zero-order chi connectivity index (χ0) is 16.1. The van der Waals surface area contributed by atoms with Gasteiger partial charge in [0.25, 0.3) is 5.56 Å². The smallest absolute Gasteiger partial charge is 0.255 e. The van der Waals surface area contributed by atoms with Gasteiger partial charge in [-0.25, -0.2) is 0 Å². The van der Waals surface area contributed by atoms with Crippen LogP contribution in [0.1, 0.15) is 11.1 Å². The molecule has 0 saturated heterocycles. The third-order valence-electron chi connectivity index (χ3n) is 3.40. The first-order valence-corrected chi connectivity index (χ1v) is 7.17. The molecule has 0 aliphatic heterocycles. The van der Waals surface area contributed by atoms with Crippen LogP contribution in [-0.2, 0) is 6.61 Å². The molecule has 0 spiro atoms. The van der Waals surface area contributed by atoms with Crippen molar-refractivity contribution in [2.45, 2.75) is 6.61 Å². The molecule has 3 rings (SSSR count). The van der Waals surface area contributed by atoms with Crippen molar-refractivity contribution < 1.29 is 4.74 Å². The molecule has 4 nitrogen and oxygen atoms in total. The number of rotatable bonds is 4. The molecule has 3 aromatic rings. The summed E-state index contributed by atoms with van der Waals surface area (Å²) in [6.07, 6.45) is 1.71. The van der Waals surface area contributed by atoms with Gasteiger partial charge in [0.1, 0.15) is 12.4 Å². The number of nitriles is 1. The van der Waals surface area contributed by atoms with Crippen LogP contribution in [0, 0.1) is 11.3 Å². The minimum absolute atomic E-state index is 0.116. The lowest BCUT2D eigenvalue weighted by molar-refractivity contribution is 0.305. The Labute approximate surface area is 133 Å². The molecule has 0 radical (unpaired) electrons. The van der Waals surface area contributed by atoms with Crippen molar-refractivity contribution in [3.05, 3.63) is 94.4 Å². The fraction of sp³-hybridized carbons (Fsp3) is 0.0526. The van der Waals surface area contributed by atoms with E-state index in [-0.39, 0.29) is 5.56 Å². The van der Waals surface area contributed by atoms with Gasteiger partial charge in [-0.1, -0.05) is 30.3 Å². The quantitative estimate of drug-likeness (QED) is 0.743. The highest BCUT2D eigenvalue weighted by Crippen LogP contribution is 2.22. The average molecular weight is 302 g/mol. The Bertz CT molecular complexity index is 923. The average Bonchev–Trinajstić information content (AvgIpc) is 2.61. The van der Waals surface area contributed by atoms with E-state index in [4.69, 9.17) is 10.00 Å². The largest absolute Gasteiger partial charge is 0.487 e. The Morgan fingerprint density at radius 1 is 1.00 bits per heavy atom. The van der Waals surface area contributed by atoms with Crippen molar-refractivity contribution >= 4 is 0 Å². The van der Waals surface area contributed by atoms with Gasteiger partial charge in [0.15, 0.2) is 0 Å². The molecule has 0 N–H and O–H groups in total. The SMILES string of the molecule is N#Cc1cccc(COc2ccccc2-n2ccccc2=O)c1. The van der Waals surface area contributed by atoms with E-state index in [1.165, 1.54) is 6.07 Å². The number of aromatic nitrogens is 1. The number of hydrogen-bond acceptors (Lipinski definition) is 3. The van der Waals surface area contributed by atoms with E-state index in [0.717, 1.165) is 5.56 Å². The first-order chi connectivity index (χ1) is 11.3. The van der Waals surface area contributed by atoms with Crippen molar-refractivity contribution in [1.82, 2.24) is 4.57 Å². The molecule has 112 valence electrons. The molecule has 0 atom stereocenters. The fourth-order valence-electron chi connectivity index (χ4n) is 2.30. The van der Waals surface area contributed by atoms with Gasteiger partial charge in [-0.15, -0.1) is 0 Å². The molecule has 0 saturated carbocycles. The van der Waals surface area contributed by atoms with E-state index in [0.29, 0.717) is 23.6 Å². The van der Waals surface area contributed by atoms with Crippen LogP contribution in [0.2, 0.25) is 0 Å². The summed E-state index contributed by atoms with van der Waals surface area (Å²) in [6.45, 7) is 0.327. The molecular formula is C19H14N2O2. The fourth-order valence-corrected chi connectivity index (χ4v) is 2.30. The highest BCUT2D eigenvalue weighted by Gasteiger charge is 2.07. The van der Waals surface area contributed by atoms with E-state index < -0.39 is 0 Å². The Hall–Kier alpha value is -3.32. The molecule has 2 aromatic carbocycles. The third kappa shape index (κ3) is 3.30. The molecule has 0 unspecified atom stereocenters. The molecule has 23 heavy (non-hydrogen) atoms. The predicted molar refractivity (Wildman–Crippen MR) is 87.5 cm³/mol. The molecule has 1 aromatic heterocycles. The second-order valence-corrected chi connectivity index (χ2v) is 4.98.